The van der Waals surface area contributed by atoms with Crippen LogP contribution in [-0.2, 0) is 0 Å². The summed E-state index contributed by atoms with van der Waals surface area (Å²) < 4.78 is 5.74. The number of rotatable bonds is 8. The molecule has 1 unspecified atom stereocenters. The first kappa shape index (κ1) is 23.4. The molecule has 0 radical (unpaired) electrons. The van der Waals surface area contributed by atoms with Crippen LogP contribution in [0.15, 0.2) is 63.6 Å². The molecule has 0 fully saturated rings. The van der Waals surface area contributed by atoms with Crippen molar-refractivity contribution < 1.29 is 9.32 Å². The van der Waals surface area contributed by atoms with Crippen molar-refractivity contribution in [3.63, 3.8) is 0 Å². The summed E-state index contributed by atoms with van der Waals surface area (Å²) in [5.41, 5.74) is 3.34. The first-order valence-electron chi connectivity index (χ1n) is 11.0. The number of hydrogen-bond donors (Lipinski definition) is 1. The Balaban J connectivity index is 1.75. The standard InChI is InChI=1S/C25H27ClN4O2S/c1-4-5-6-14-30-16(2)21(22(27-25(30)31)18-8-7-9-19(26)15-18)24-28-23(29-32-24)17-10-12-20(33-3)13-11-17/h7-13,15,22H,4-6,14H2,1-3H3,(H,27,31). The zero-order chi connectivity index (χ0) is 23.4. The lowest BCUT2D eigenvalue weighted by Crippen LogP contribution is -2.46. The molecule has 3 aromatic rings. The Kier molecular flexibility index (Phi) is 7.40. The summed E-state index contributed by atoms with van der Waals surface area (Å²) in [6.07, 6.45) is 5.10. The number of allylic oxidation sites excluding steroid dienone is 1. The Labute approximate surface area is 203 Å². The number of nitrogens with zero attached hydrogens (tertiary/aromatic N) is 3. The smallest absolute Gasteiger partial charge is 0.322 e. The van der Waals surface area contributed by atoms with E-state index in [0.29, 0.717) is 23.3 Å². The summed E-state index contributed by atoms with van der Waals surface area (Å²) in [6.45, 7) is 4.72. The highest BCUT2D eigenvalue weighted by Crippen LogP contribution is 2.38. The molecule has 0 bridgehead atoms. The number of hydrogen-bond acceptors (Lipinski definition) is 5. The molecule has 0 saturated heterocycles. The number of urea groups is 1. The zero-order valence-corrected chi connectivity index (χ0v) is 20.5. The molecule has 1 aliphatic heterocycles. The number of benzene rings is 2. The predicted octanol–water partition coefficient (Wildman–Crippen LogP) is 6.80. The highest BCUT2D eigenvalue weighted by atomic mass is 35.5. The van der Waals surface area contributed by atoms with Gasteiger partial charge in [-0.25, -0.2) is 4.79 Å². The average molecular weight is 483 g/mol. The molecule has 0 aliphatic carbocycles. The van der Waals surface area contributed by atoms with Gasteiger partial charge in [0.2, 0.25) is 5.82 Å². The normalized spacial score (nSPS) is 16.3. The molecule has 0 spiro atoms. The van der Waals surface area contributed by atoms with Crippen molar-refractivity contribution in [2.45, 2.75) is 44.0 Å². The molecule has 0 saturated carbocycles. The maximum Gasteiger partial charge on any atom is 0.322 e. The largest absolute Gasteiger partial charge is 0.334 e. The van der Waals surface area contributed by atoms with Crippen LogP contribution >= 0.6 is 23.4 Å². The maximum atomic E-state index is 13.0. The molecule has 1 N–H and O–H groups in total. The van der Waals surface area contributed by atoms with Gasteiger partial charge in [0.25, 0.3) is 5.89 Å². The molecular weight excluding hydrogens is 456 g/mol. The molecule has 2 heterocycles. The number of thioether (sulfide) groups is 1. The van der Waals surface area contributed by atoms with Gasteiger partial charge in [-0.3, -0.25) is 4.90 Å². The summed E-state index contributed by atoms with van der Waals surface area (Å²) in [7, 11) is 0. The van der Waals surface area contributed by atoms with E-state index in [1.807, 2.05) is 61.7 Å². The van der Waals surface area contributed by atoms with E-state index in [-0.39, 0.29) is 6.03 Å². The maximum absolute atomic E-state index is 13.0. The fourth-order valence-corrected chi connectivity index (χ4v) is 4.58. The van der Waals surface area contributed by atoms with Crippen LogP contribution in [0.5, 0.6) is 0 Å². The van der Waals surface area contributed by atoms with Crippen LogP contribution in [0.1, 0.15) is 50.6 Å². The van der Waals surface area contributed by atoms with Gasteiger partial charge in [0, 0.05) is 27.7 Å². The molecule has 6 nitrogen and oxygen atoms in total. The van der Waals surface area contributed by atoms with Gasteiger partial charge in [-0.15, -0.1) is 11.8 Å². The zero-order valence-electron chi connectivity index (χ0n) is 19.0. The van der Waals surface area contributed by atoms with Crippen molar-refractivity contribution in [2.75, 3.05) is 12.8 Å². The third-order valence-electron chi connectivity index (χ3n) is 5.77. The second-order valence-electron chi connectivity index (χ2n) is 7.95. The predicted molar refractivity (Wildman–Crippen MR) is 133 cm³/mol. The van der Waals surface area contributed by atoms with E-state index in [9.17, 15) is 4.79 Å². The van der Waals surface area contributed by atoms with Crippen LogP contribution in [-0.4, -0.2) is 33.9 Å². The molecule has 172 valence electrons. The monoisotopic (exact) mass is 482 g/mol. The Bertz CT molecular complexity index is 1160. The van der Waals surface area contributed by atoms with Crippen LogP contribution in [0.3, 0.4) is 0 Å². The first-order chi connectivity index (χ1) is 16.0. The molecule has 1 atom stereocenters. The van der Waals surface area contributed by atoms with E-state index in [1.165, 1.54) is 4.90 Å². The molecule has 2 aromatic carbocycles. The van der Waals surface area contributed by atoms with Crippen LogP contribution in [0, 0.1) is 0 Å². The van der Waals surface area contributed by atoms with Crippen LogP contribution < -0.4 is 5.32 Å². The lowest BCUT2D eigenvalue weighted by molar-refractivity contribution is 0.204. The number of unbranched alkanes of at least 4 members (excludes halogenated alkanes) is 2. The Morgan fingerprint density at radius 3 is 2.67 bits per heavy atom. The van der Waals surface area contributed by atoms with Gasteiger partial charge in [-0.05, 0) is 61.6 Å². The molecule has 1 aromatic heterocycles. The summed E-state index contributed by atoms with van der Waals surface area (Å²) in [5, 5.41) is 7.95. The number of nitrogens with one attached hydrogen (secondary N) is 1. The van der Waals surface area contributed by atoms with Crippen LogP contribution in [0.2, 0.25) is 5.02 Å². The second kappa shape index (κ2) is 10.4. The molecule has 4 rings (SSSR count). The number of carbonyl (C=O) groups excluding carboxylic acids is 1. The van der Waals surface area contributed by atoms with Crippen molar-refractivity contribution in [1.82, 2.24) is 20.4 Å². The van der Waals surface area contributed by atoms with E-state index >= 15 is 0 Å². The minimum Gasteiger partial charge on any atom is -0.334 e. The fourth-order valence-electron chi connectivity index (χ4n) is 3.97. The van der Waals surface area contributed by atoms with E-state index in [2.05, 4.69) is 17.4 Å². The number of amides is 2. The van der Waals surface area contributed by atoms with E-state index < -0.39 is 6.04 Å². The van der Waals surface area contributed by atoms with Gasteiger partial charge in [0.1, 0.15) is 0 Å². The lowest BCUT2D eigenvalue weighted by atomic mass is 9.94. The third-order valence-corrected chi connectivity index (χ3v) is 6.75. The summed E-state index contributed by atoms with van der Waals surface area (Å²) in [5.74, 6) is 0.902. The number of halogens is 1. The van der Waals surface area contributed by atoms with Crippen LogP contribution in [0.4, 0.5) is 4.79 Å². The van der Waals surface area contributed by atoms with Crippen molar-refractivity contribution in [1.29, 1.82) is 0 Å². The highest BCUT2D eigenvalue weighted by Gasteiger charge is 2.35. The SMILES string of the molecule is CCCCCN1C(=O)NC(c2cccc(Cl)c2)C(c2nc(-c3ccc(SC)cc3)no2)=C1C. The van der Waals surface area contributed by atoms with Crippen molar-refractivity contribution >= 4 is 35.0 Å². The highest BCUT2D eigenvalue weighted by molar-refractivity contribution is 7.98. The Hall–Kier alpha value is -2.77. The first-order valence-corrected chi connectivity index (χ1v) is 12.6. The van der Waals surface area contributed by atoms with Gasteiger partial charge in [-0.1, -0.05) is 48.7 Å². The fraction of sp³-hybridized carbons (Fsp3) is 0.320. The molecule has 2 amide bonds. The minimum atomic E-state index is -0.439. The van der Waals surface area contributed by atoms with Crippen molar-refractivity contribution in [3.05, 3.63) is 70.7 Å². The van der Waals surface area contributed by atoms with Gasteiger partial charge in [-0.2, -0.15) is 4.98 Å². The number of carbonyl (C=O) groups is 1. The summed E-state index contributed by atoms with van der Waals surface area (Å²) in [6, 6.07) is 14.9. The van der Waals surface area contributed by atoms with Crippen LogP contribution in [0.25, 0.3) is 17.0 Å². The summed E-state index contributed by atoms with van der Waals surface area (Å²) >= 11 is 7.94. The minimum absolute atomic E-state index is 0.135. The van der Waals surface area contributed by atoms with Gasteiger partial charge in [0.15, 0.2) is 0 Å². The second-order valence-corrected chi connectivity index (χ2v) is 9.26. The Morgan fingerprint density at radius 2 is 1.97 bits per heavy atom. The van der Waals surface area contributed by atoms with Crippen molar-refractivity contribution in [3.8, 4) is 11.4 Å². The van der Waals surface area contributed by atoms with E-state index in [1.54, 1.807) is 16.7 Å². The van der Waals surface area contributed by atoms with Gasteiger partial charge >= 0.3 is 6.03 Å². The van der Waals surface area contributed by atoms with E-state index in [4.69, 9.17) is 21.1 Å². The molecule has 33 heavy (non-hydrogen) atoms. The quantitative estimate of drug-likeness (QED) is 0.282. The summed E-state index contributed by atoms with van der Waals surface area (Å²) in [4.78, 5) is 20.7. The molecule has 8 heteroatoms. The van der Waals surface area contributed by atoms with Gasteiger partial charge < -0.3 is 9.84 Å². The number of aromatic nitrogens is 2. The molecule has 1 aliphatic rings. The van der Waals surface area contributed by atoms with Gasteiger partial charge in [0.05, 0.1) is 11.6 Å². The Morgan fingerprint density at radius 1 is 1.18 bits per heavy atom. The average Bonchev–Trinajstić information content (AvgIpc) is 3.30. The van der Waals surface area contributed by atoms with Crippen molar-refractivity contribution in [2.24, 2.45) is 0 Å². The third kappa shape index (κ3) is 5.09. The lowest BCUT2D eigenvalue weighted by Gasteiger charge is -2.35. The molecular formula is C25H27ClN4O2S. The topological polar surface area (TPSA) is 71.3 Å². The van der Waals surface area contributed by atoms with E-state index in [0.717, 1.165) is 41.7 Å².